The van der Waals surface area contributed by atoms with Gasteiger partial charge in [-0.1, -0.05) is 57.9 Å². The fourth-order valence-electron chi connectivity index (χ4n) is 4.02. The predicted molar refractivity (Wildman–Crippen MR) is 111 cm³/mol. The summed E-state index contributed by atoms with van der Waals surface area (Å²) < 4.78 is 5.84. The summed E-state index contributed by atoms with van der Waals surface area (Å²) in [6, 6.07) is 3.98. The second-order valence-electron chi connectivity index (χ2n) is 7.95. The first kappa shape index (κ1) is 22.0. The molecule has 1 fully saturated rings. The molecule has 1 N–H and O–H groups in total. The van der Waals surface area contributed by atoms with Crippen molar-refractivity contribution in [2.24, 2.45) is 0 Å². The molecule has 1 saturated heterocycles. The molecule has 2 aliphatic heterocycles. The number of hydrogen-bond donors (Lipinski definition) is 1. The quantitative estimate of drug-likeness (QED) is 0.441. The number of nitrogens with zero attached hydrogens (tertiary/aromatic N) is 1. The summed E-state index contributed by atoms with van der Waals surface area (Å²) in [6.07, 6.45) is 9.71. The summed E-state index contributed by atoms with van der Waals surface area (Å²) in [5.74, 6) is -1.66. The average Bonchev–Trinajstić information content (AvgIpc) is 2.98. The van der Waals surface area contributed by atoms with Gasteiger partial charge in [-0.2, -0.15) is 0 Å². The number of rotatable bonds is 11. The Hall–Kier alpha value is -2.70. The highest BCUT2D eigenvalue weighted by atomic mass is 16.5. The normalized spacial score (nSPS) is 18.6. The molecule has 0 radical (unpaired) electrons. The number of nitrogens with one attached hydrogen (secondary N) is 1. The molecule has 7 heteroatoms. The van der Waals surface area contributed by atoms with Crippen molar-refractivity contribution >= 4 is 23.6 Å². The number of piperidine rings is 1. The van der Waals surface area contributed by atoms with E-state index in [0.29, 0.717) is 12.4 Å². The lowest BCUT2D eigenvalue weighted by molar-refractivity contribution is -0.136. The van der Waals surface area contributed by atoms with Crippen LogP contribution in [0.25, 0.3) is 0 Å². The van der Waals surface area contributed by atoms with E-state index in [1.165, 1.54) is 38.5 Å². The highest BCUT2D eigenvalue weighted by Crippen LogP contribution is 2.33. The van der Waals surface area contributed by atoms with Gasteiger partial charge < -0.3 is 4.74 Å². The Labute approximate surface area is 177 Å². The zero-order valence-electron chi connectivity index (χ0n) is 17.6. The van der Waals surface area contributed by atoms with Crippen LogP contribution in [0.5, 0.6) is 5.75 Å². The third kappa shape index (κ3) is 4.89. The summed E-state index contributed by atoms with van der Waals surface area (Å²) in [7, 11) is 0. The molecule has 0 aliphatic carbocycles. The number of imide groups is 2. The second kappa shape index (κ2) is 10.4. The lowest BCUT2D eigenvalue weighted by Gasteiger charge is -2.27. The van der Waals surface area contributed by atoms with E-state index < -0.39 is 23.8 Å². The maximum absolute atomic E-state index is 13.0. The van der Waals surface area contributed by atoms with E-state index in [4.69, 9.17) is 4.74 Å². The first-order valence-corrected chi connectivity index (χ1v) is 11.0. The summed E-state index contributed by atoms with van der Waals surface area (Å²) in [4.78, 5) is 50.3. The van der Waals surface area contributed by atoms with Crippen LogP contribution >= 0.6 is 0 Å². The van der Waals surface area contributed by atoms with Gasteiger partial charge in [0.15, 0.2) is 0 Å². The maximum atomic E-state index is 13.0. The monoisotopic (exact) mass is 414 g/mol. The molecule has 1 unspecified atom stereocenters. The van der Waals surface area contributed by atoms with Crippen LogP contribution in [-0.4, -0.2) is 41.2 Å². The number of fused-ring (bicyclic) bond motifs is 1. The van der Waals surface area contributed by atoms with Crippen LogP contribution in [0.3, 0.4) is 0 Å². The van der Waals surface area contributed by atoms with Crippen LogP contribution in [0.4, 0.5) is 0 Å². The maximum Gasteiger partial charge on any atom is 0.266 e. The molecule has 0 aromatic heterocycles. The van der Waals surface area contributed by atoms with Gasteiger partial charge in [0.25, 0.3) is 11.8 Å². The molecule has 1 atom stereocenters. The van der Waals surface area contributed by atoms with Crippen molar-refractivity contribution in [3.63, 3.8) is 0 Å². The number of ether oxygens (including phenoxy) is 1. The van der Waals surface area contributed by atoms with E-state index in [0.717, 1.165) is 17.7 Å². The molecule has 0 spiro atoms. The average molecular weight is 415 g/mol. The van der Waals surface area contributed by atoms with Gasteiger partial charge in [0, 0.05) is 6.42 Å². The third-order valence-corrected chi connectivity index (χ3v) is 5.69. The molecule has 0 saturated carbocycles. The van der Waals surface area contributed by atoms with E-state index in [9.17, 15) is 19.2 Å². The Bertz CT molecular complexity index is 820. The number of carbonyl (C=O) groups excluding carboxylic acids is 4. The largest absolute Gasteiger partial charge is 0.493 e. The van der Waals surface area contributed by atoms with Crippen LogP contribution in [0, 0.1) is 0 Å². The zero-order chi connectivity index (χ0) is 21.5. The number of amides is 4. The van der Waals surface area contributed by atoms with Crippen molar-refractivity contribution in [3.05, 3.63) is 29.3 Å². The van der Waals surface area contributed by atoms with E-state index in [-0.39, 0.29) is 29.9 Å². The summed E-state index contributed by atoms with van der Waals surface area (Å²) in [5, 5.41) is 2.20. The Morgan fingerprint density at radius 2 is 1.67 bits per heavy atom. The highest BCUT2D eigenvalue weighted by molar-refractivity contribution is 6.24. The van der Waals surface area contributed by atoms with Crippen molar-refractivity contribution in [2.45, 2.75) is 77.2 Å². The fourth-order valence-corrected chi connectivity index (χ4v) is 4.02. The van der Waals surface area contributed by atoms with E-state index in [1.54, 1.807) is 18.2 Å². The Morgan fingerprint density at radius 3 is 2.37 bits per heavy atom. The van der Waals surface area contributed by atoms with Crippen LogP contribution in [-0.2, 0) is 9.59 Å². The van der Waals surface area contributed by atoms with Gasteiger partial charge >= 0.3 is 0 Å². The zero-order valence-corrected chi connectivity index (χ0v) is 17.6. The molecule has 30 heavy (non-hydrogen) atoms. The molecule has 2 heterocycles. The molecule has 7 nitrogen and oxygen atoms in total. The summed E-state index contributed by atoms with van der Waals surface area (Å²) in [5.41, 5.74) is 0.463. The minimum Gasteiger partial charge on any atom is -0.493 e. The standard InChI is InChI=1S/C23H30N2O5/c1-2-3-4-5-6-7-8-9-15-30-18-12-10-11-16-20(18)23(29)25(22(16)28)17-13-14-19(26)24-21(17)27/h10-12,17H,2-9,13-15H2,1H3,(H,24,26,27). The number of hydrogen-bond acceptors (Lipinski definition) is 5. The first-order valence-electron chi connectivity index (χ1n) is 11.0. The molecular formula is C23H30N2O5. The molecule has 1 aromatic carbocycles. The molecule has 2 aliphatic rings. The lowest BCUT2D eigenvalue weighted by atomic mass is 10.0. The minimum absolute atomic E-state index is 0.103. The van der Waals surface area contributed by atoms with E-state index in [1.807, 2.05) is 0 Å². The first-order chi connectivity index (χ1) is 14.5. The third-order valence-electron chi connectivity index (χ3n) is 5.69. The number of unbranched alkanes of at least 4 members (excludes halogenated alkanes) is 7. The van der Waals surface area contributed by atoms with Gasteiger partial charge in [-0.05, 0) is 25.0 Å². The molecule has 0 bridgehead atoms. The van der Waals surface area contributed by atoms with Crippen LogP contribution < -0.4 is 10.1 Å². The Morgan fingerprint density at radius 1 is 0.967 bits per heavy atom. The van der Waals surface area contributed by atoms with Crippen molar-refractivity contribution in [2.75, 3.05) is 6.61 Å². The summed E-state index contributed by atoms with van der Waals surface area (Å²) in [6.45, 7) is 2.69. The van der Waals surface area contributed by atoms with Crippen molar-refractivity contribution in [1.82, 2.24) is 10.2 Å². The van der Waals surface area contributed by atoms with Crippen LogP contribution in [0.2, 0.25) is 0 Å². The lowest BCUT2D eigenvalue weighted by Crippen LogP contribution is -2.54. The van der Waals surface area contributed by atoms with Gasteiger partial charge in [-0.25, -0.2) is 0 Å². The Kier molecular flexibility index (Phi) is 7.60. The van der Waals surface area contributed by atoms with Crippen LogP contribution in [0.1, 0.15) is 91.8 Å². The highest BCUT2D eigenvalue weighted by Gasteiger charge is 2.45. The molecule has 3 rings (SSSR count). The van der Waals surface area contributed by atoms with E-state index in [2.05, 4.69) is 12.2 Å². The minimum atomic E-state index is -0.962. The second-order valence-corrected chi connectivity index (χ2v) is 7.95. The van der Waals surface area contributed by atoms with Crippen molar-refractivity contribution < 1.29 is 23.9 Å². The fraction of sp³-hybridized carbons (Fsp3) is 0.565. The van der Waals surface area contributed by atoms with Gasteiger partial charge in [-0.3, -0.25) is 29.4 Å². The van der Waals surface area contributed by atoms with Gasteiger partial charge in [0.2, 0.25) is 11.8 Å². The topological polar surface area (TPSA) is 92.8 Å². The van der Waals surface area contributed by atoms with Crippen molar-refractivity contribution in [1.29, 1.82) is 0 Å². The number of carbonyl (C=O) groups is 4. The smallest absolute Gasteiger partial charge is 0.266 e. The van der Waals surface area contributed by atoms with E-state index >= 15 is 0 Å². The van der Waals surface area contributed by atoms with Crippen LogP contribution in [0.15, 0.2) is 18.2 Å². The molecule has 1 aromatic rings. The Balaban J connectivity index is 1.56. The predicted octanol–water partition coefficient (Wildman–Crippen LogP) is 3.61. The SMILES string of the molecule is CCCCCCCCCCOc1cccc2c1C(=O)N(C1CCC(=O)NC1=O)C2=O. The molecule has 4 amide bonds. The van der Waals surface area contributed by atoms with Crippen molar-refractivity contribution in [3.8, 4) is 5.75 Å². The van der Waals surface area contributed by atoms with Gasteiger partial charge in [-0.15, -0.1) is 0 Å². The van der Waals surface area contributed by atoms with Gasteiger partial charge in [0.1, 0.15) is 11.8 Å². The number of benzene rings is 1. The molecule has 162 valence electrons. The summed E-state index contributed by atoms with van der Waals surface area (Å²) >= 11 is 0. The van der Waals surface area contributed by atoms with Gasteiger partial charge in [0.05, 0.1) is 17.7 Å². The molecular weight excluding hydrogens is 384 g/mol.